The molecule has 0 aliphatic carbocycles. The van der Waals surface area contributed by atoms with Crippen LogP contribution >= 0.6 is 11.3 Å². The van der Waals surface area contributed by atoms with Crippen molar-refractivity contribution in [2.75, 3.05) is 7.05 Å². The quantitative estimate of drug-likeness (QED) is 0.812. The van der Waals surface area contributed by atoms with Crippen molar-refractivity contribution >= 4 is 11.3 Å². The summed E-state index contributed by atoms with van der Waals surface area (Å²) in [5.41, 5.74) is 1.08. The summed E-state index contributed by atoms with van der Waals surface area (Å²) in [6.07, 6.45) is 0. The molecule has 0 bridgehead atoms. The number of hydrogen-bond acceptors (Lipinski definition) is 6. The maximum Gasteiger partial charge on any atom is 0.240 e. The summed E-state index contributed by atoms with van der Waals surface area (Å²) in [6, 6.07) is 0. The minimum atomic E-state index is 0.645. The lowest BCUT2D eigenvalue weighted by Crippen LogP contribution is -2.17. The lowest BCUT2D eigenvalue weighted by atomic mass is 10.4. The standard InChI is InChI=1S/C10H14N4OS/c1-7-11-10(15-13-7)5-14(3)4-9-6-16-8(2)12-9/h6H,4-5H2,1-3H3. The zero-order valence-electron chi connectivity index (χ0n) is 9.60. The second-order valence-electron chi connectivity index (χ2n) is 3.77. The van der Waals surface area contributed by atoms with Crippen molar-refractivity contribution in [3.8, 4) is 0 Å². The van der Waals surface area contributed by atoms with Gasteiger partial charge in [-0.25, -0.2) is 4.98 Å². The molecule has 0 atom stereocenters. The van der Waals surface area contributed by atoms with Crippen molar-refractivity contribution in [2.24, 2.45) is 0 Å². The molecule has 86 valence electrons. The molecule has 16 heavy (non-hydrogen) atoms. The van der Waals surface area contributed by atoms with E-state index in [1.807, 2.05) is 20.9 Å². The monoisotopic (exact) mass is 238 g/mol. The van der Waals surface area contributed by atoms with E-state index in [1.165, 1.54) is 0 Å². The predicted molar refractivity (Wildman–Crippen MR) is 61.1 cm³/mol. The predicted octanol–water partition coefficient (Wildman–Crippen LogP) is 1.77. The van der Waals surface area contributed by atoms with E-state index in [0.29, 0.717) is 18.3 Å². The Kier molecular flexibility index (Phi) is 3.31. The molecule has 5 nitrogen and oxygen atoms in total. The van der Waals surface area contributed by atoms with Crippen molar-refractivity contribution in [1.29, 1.82) is 0 Å². The molecule has 0 radical (unpaired) electrons. The van der Waals surface area contributed by atoms with Gasteiger partial charge in [0.15, 0.2) is 5.82 Å². The highest BCUT2D eigenvalue weighted by atomic mass is 32.1. The third kappa shape index (κ3) is 2.86. The second kappa shape index (κ2) is 4.71. The van der Waals surface area contributed by atoms with Gasteiger partial charge in [-0.1, -0.05) is 5.16 Å². The molecule has 0 N–H and O–H groups in total. The van der Waals surface area contributed by atoms with Gasteiger partial charge in [0.1, 0.15) is 0 Å². The Bertz CT molecular complexity index is 423. The molecule has 2 aromatic rings. The molecule has 0 spiro atoms. The van der Waals surface area contributed by atoms with Crippen LogP contribution in [0.15, 0.2) is 9.90 Å². The molecule has 0 aliphatic rings. The molecule has 0 fully saturated rings. The molecular formula is C10H14N4OS. The first-order chi connectivity index (χ1) is 7.63. The van der Waals surface area contributed by atoms with Crippen LogP contribution < -0.4 is 0 Å². The zero-order valence-corrected chi connectivity index (χ0v) is 10.4. The summed E-state index contributed by atoms with van der Waals surface area (Å²) in [5.74, 6) is 1.32. The average molecular weight is 238 g/mol. The van der Waals surface area contributed by atoms with E-state index in [9.17, 15) is 0 Å². The summed E-state index contributed by atoms with van der Waals surface area (Å²) < 4.78 is 5.06. The van der Waals surface area contributed by atoms with Crippen LogP contribution in [0.2, 0.25) is 0 Å². The zero-order chi connectivity index (χ0) is 11.5. The van der Waals surface area contributed by atoms with Crippen LogP contribution in [-0.4, -0.2) is 27.1 Å². The Labute approximate surface area is 98.1 Å². The van der Waals surface area contributed by atoms with Gasteiger partial charge in [0, 0.05) is 11.9 Å². The van der Waals surface area contributed by atoms with Crippen LogP contribution in [0.3, 0.4) is 0 Å². The molecule has 0 aromatic carbocycles. The molecular weight excluding hydrogens is 224 g/mol. The molecule has 6 heteroatoms. The largest absolute Gasteiger partial charge is 0.338 e. The molecule has 2 rings (SSSR count). The van der Waals surface area contributed by atoms with Gasteiger partial charge in [0.25, 0.3) is 0 Å². The van der Waals surface area contributed by atoms with Crippen molar-refractivity contribution in [2.45, 2.75) is 26.9 Å². The molecule has 2 aromatic heterocycles. The Morgan fingerprint density at radius 1 is 1.31 bits per heavy atom. The fourth-order valence-electron chi connectivity index (χ4n) is 1.45. The second-order valence-corrected chi connectivity index (χ2v) is 4.83. The first-order valence-corrected chi connectivity index (χ1v) is 5.90. The summed E-state index contributed by atoms with van der Waals surface area (Å²) in [4.78, 5) is 10.7. The van der Waals surface area contributed by atoms with Crippen LogP contribution in [0.1, 0.15) is 22.4 Å². The van der Waals surface area contributed by atoms with E-state index >= 15 is 0 Å². The number of hydrogen-bond donors (Lipinski definition) is 0. The van der Waals surface area contributed by atoms with Gasteiger partial charge < -0.3 is 4.52 Å². The van der Waals surface area contributed by atoms with Gasteiger partial charge in [-0.05, 0) is 20.9 Å². The minimum absolute atomic E-state index is 0.645. The normalized spacial score (nSPS) is 11.2. The van der Waals surface area contributed by atoms with Crippen LogP contribution in [0.5, 0.6) is 0 Å². The molecule has 0 saturated carbocycles. The highest BCUT2D eigenvalue weighted by Gasteiger charge is 2.08. The molecule has 0 amide bonds. The average Bonchev–Trinajstić information content (AvgIpc) is 2.76. The van der Waals surface area contributed by atoms with Crippen LogP contribution in [0.25, 0.3) is 0 Å². The lowest BCUT2D eigenvalue weighted by molar-refractivity contribution is 0.258. The topological polar surface area (TPSA) is 55.1 Å². The number of rotatable bonds is 4. The smallest absolute Gasteiger partial charge is 0.240 e. The first kappa shape index (κ1) is 11.2. The van der Waals surface area contributed by atoms with Crippen molar-refractivity contribution in [3.05, 3.63) is 27.8 Å². The fourth-order valence-corrected chi connectivity index (χ4v) is 2.05. The third-order valence-corrected chi connectivity index (χ3v) is 2.90. The van der Waals surface area contributed by atoms with Gasteiger partial charge in [-0.15, -0.1) is 11.3 Å². The van der Waals surface area contributed by atoms with E-state index in [2.05, 4.69) is 25.4 Å². The number of nitrogens with zero attached hydrogens (tertiary/aromatic N) is 4. The highest BCUT2D eigenvalue weighted by Crippen LogP contribution is 2.11. The van der Waals surface area contributed by atoms with Crippen molar-refractivity contribution in [3.63, 3.8) is 0 Å². The number of aryl methyl sites for hydroxylation is 2. The molecule has 2 heterocycles. The lowest BCUT2D eigenvalue weighted by Gasteiger charge is -2.11. The van der Waals surface area contributed by atoms with Crippen molar-refractivity contribution < 1.29 is 4.52 Å². The van der Waals surface area contributed by atoms with E-state index in [0.717, 1.165) is 17.2 Å². The Hall–Kier alpha value is -1.27. The summed E-state index contributed by atoms with van der Waals surface area (Å²) in [5, 5.41) is 6.92. The number of thiazole rings is 1. The maximum atomic E-state index is 5.06. The van der Waals surface area contributed by atoms with Gasteiger partial charge >= 0.3 is 0 Å². The third-order valence-electron chi connectivity index (χ3n) is 2.07. The number of aromatic nitrogens is 3. The van der Waals surface area contributed by atoms with E-state index in [-0.39, 0.29) is 0 Å². The van der Waals surface area contributed by atoms with Crippen LogP contribution in [-0.2, 0) is 13.1 Å². The Balaban J connectivity index is 1.91. The van der Waals surface area contributed by atoms with Crippen LogP contribution in [0, 0.1) is 13.8 Å². The molecule has 0 aliphatic heterocycles. The molecule has 0 unspecified atom stereocenters. The maximum absolute atomic E-state index is 5.06. The Morgan fingerprint density at radius 3 is 2.69 bits per heavy atom. The summed E-state index contributed by atoms with van der Waals surface area (Å²) in [6.45, 7) is 5.27. The van der Waals surface area contributed by atoms with Gasteiger partial charge in [0.05, 0.1) is 17.2 Å². The SMILES string of the molecule is Cc1noc(CN(C)Cc2csc(C)n2)n1. The summed E-state index contributed by atoms with van der Waals surface area (Å²) in [7, 11) is 2.01. The highest BCUT2D eigenvalue weighted by molar-refractivity contribution is 7.09. The van der Waals surface area contributed by atoms with Crippen molar-refractivity contribution in [1.82, 2.24) is 20.0 Å². The minimum Gasteiger partial charge on any atom is -0.338 e. The van der Waals surface area contributed by atoms with Gasteiger partial charge in [-0.3, -0.25) is 4.90 Å². The van der Waals surface area contributed by atoms with Crippen LogP contribution in [0.4, 0.5) is 0 Å². The first-order valence-electron chi connectivity index (χ1n) is 5.02. The fraction of sp³-hybridized carbons (Fsp3) is 0.500. The van der Waals surface area contributed by atoms with E-state index in [4.69, 9.17) is 4.52 Å². The van der Waals surface area contributed by atoms with Gasteiger partial charge in [-0.2, -0.15) is 4.98 Å². The molecule has 0 saturated heterocycles. The Morgan fingerprint density at radius 2 is 2.12 bits per heavy atom. The van der Waals surface area contributed by atoms with Gasteiger partial charge in [0.2, 0.25) is 5.89 Å². The van der Waals surface area contributed by atoms with E-state index < -0.39 is 0 Å². The summed E-state index contributed by atoms with van der Waals surface area (Å²) >= 11 is 1.67. The van der Waals surface area contributed by atoms with E-state index in [1.54, 1.807) is 11.3 Å².